The third-order valence-corrected chi connectivity index (χ3v) is 6.41. The van der Waals surface area contributed by atoms with E-state index in [4.69, 9.17) is 16.0 Å². The highest BCUT2D eigenvalue weighted by Gasteiger charge is 2.26. The number of nitrogens with one attached hydrogen (secondary N) is 1. The first kappa shape index (κ1) is 22.9. The van der Waals surface area contributed by atoms with Gasteiger partial charge in [-0.1, -0.05) is 11.6 Å². The number of nitrogens with zero attached hydrogens (tertiary/aromatic N) is 3. The van der Waals surface area contributed by atoms with Crippen molar-refractivity contribution in [3.8, 4) is 0 Å². The summed E-state index contributed by atoms with van der Waals surface area (Å²) in [6.07, 6.45) is 1.53. The van der Waals surface area contributed by atoms with Gasteiger partial charge in [-0.25, -0.2) is 9.37 Å². The quantitative estimate of drug-likeness (QED) is 0.589. The monoisotopic (exact) mass is 490 g/mol. The molecule has 3 heterocycles. The lowest BCUT2D eigenvalue weighted by Gasteiger charge is -2.35. The molecule has 3 aromatic rings. The lowest BCUT2D eigenvalue weighted by atomic mass is 10.1. The van der Waals surface area contributed by atoms with Crippen molar-refractivity contribution >= 4 is 45.8 Å². The zero-order valence-corrected chi connectivity index (χ0v) is 19.2. The first-order valence-electron chi connectivity index (χ1n) is 10.1. The van der Waals surface area contributed by atoms with Gasteiger partial charge in [0.1, 0.15) is 11.6 Å². The largest absolute Gasteiger partial charge is 0.469 e. The fraction of sp³-hybridized carbons (Fsp3) is 0.273. The van der Waals surface area contributed by atoms with E-state index in [1.165, 1.54) is 29.7 Å². The first-order valence-corrected chi connectivity index (χ1v) is 11.4. The molecule has 2 aromatic heterocycles. The Kier molecular flexibility index (Phi) is 6.75. The molecular weight excluding hydrogens is 471 g/mol. The molecule has 0 bridgehead atoms. The number of hydrogen-bond donors (Lipinski definition) is 1. The summed E-state index contributed by atoms with van der Waals surface area (Å²) in [5.41, 5.74) is 1.22. The van der Waals surface area contributed by atoms with Crippen molar-refractivity contribution in [2.75, 3.05) is 31.5 Å². The number of carbonyl (C=O) groups is 3. The molecule has 0 atom stereocenters. The fourth-order valence-electron chi connectivity index (χ4n) is 3.49. The predicted octanol–water partition coefficient (Wildman–Crippen LogP) is 3.62. The summed E-state index contributed by atoms with van der Waals surface area (Å²) < 4.78 is 18.4. The van der Waals surface area contributed by atoms with Crippen molar-refractivity contribution in [2.45, 2.75) is 13.3 Å². The minimum atomic E-state index is -0.506. The molecule has 0 aliphatic carbocycles. The Bertz CT molecular complexity index is 1200. The topological polar surface area (TPSA) is 95.8 Å². The van der Waals surface area contributed by atoms with Gasteiger partial charge in [0.05, 0.1) is 34.5 Å². The molecular formula is C22H20ClFN4O4S. The highest BCUT2D eigenvalue weighted by atomic mass is 35.5. The van der Waals surface area contributed by atoms with E-state index < -0.39 is 5.82 Å². The molecule has 0 radical (unpaired) electrons. The number of aromatic nitrogens is 1. The summed E-state index contributed by atoms with van der Waals surface area (Å²) in [5, 5.41) is 4.89. The van der Waals surface area contributed by atoms with Crippen molar-refractivity contribution in [3.63, 3.8) is 0 Å². The van der Waals surface area contributed by atoms with Crippen molar-refractivity contribution in [2.24, 2.45) is 0 Å². The van der Waals surface area contributed by atoms with Crippen LogP contribution in [0.2, 0.25) is 5.02 Å². The van der Waals surface area contributed by atoms with Gasteiger partial charge in [-0.3, -0.25) is 19.7 Å². The summed E-state index contributed by atoms with van der Waals surface area (Å²) in [4.78, 5) is 45.2. The highest BCUT2D eigenvalue weighted by molar-refractivity contribution is 7.14. The van der Waals surface area contributed by atoms with Crippen LogP contribution in [0, 0.1) is 12.7 Å². The average molecular weight is 491 g/mol. The third-order valence-electron chi connectivity index (χ3n) is 5.29. The Balaban J connectivity index is 1.29. The minimum Gasteiger partial charge on any atom is -0.469 e. The number of rotatable bonds is 5. The number of furan rings is 1. The van der Waals surface area contributed by atoms with Gasteiger partial charge in [-0.2, -0.15) is 0 Å². The van der Waals surface area contributed by atoms with Crippen LogP contribution in [-0.2, 0) is 11.2 Å². The van der Waals surface area contributed by atoms with Gasteiger partial charge in [0.15, 0.2) is 5.13 Å². The number of anilines is 1. The minimum absolute atomic E-state index is 0.0628. The van der Waals surface area contributed by atoms with Crippen LogP contribution in [0.5, 0.6) is 0 Å². The van der Waals surface area contributed by atoms with E-state index >= 15 is 0 Å². The lowest BCUT2D eigenvalue weighted by molar-refractivity contribution is -0.132. The molecule has 1 saturated heterocycles. The van der Waals surface area contributed by atoms with E-state index in [1.807, 2.05) is 0 Å². The second-order valence-electron chi connectivity index (χ2n) is 7.46. The molecule has 1 aromatic carbocycles. The van der Waals surface area contributed by atoms with Gasteiger partial charge in [0.2, 0.25) is 5.91 Å². The van der Waals surface area contributed by atoms with E-state index in [0.29, 0.717) is 48.3 Å². The standard InChI is InChI=1S/C22H20ClFN4O4S/c1-13-16(4-9-32-13)20(30)26-22-25-15(12-33-22)11-19(29)27-5-7-28(8-6-27)21(31)17-3-2-14(24)10-18(17)23/h2-4,9-10,12H,5-8,11H2,1H3,(H,25,26,30). The van der Waals surface area contributed by atoms with E-state index in [0.717, 1.165) is 6.07 Å². The number of hydrogen-bond acceptors (Lipinski definition) is 6. The smallest absolute Gasteiger partial charge is 0.260 e. The van der Waals surface area contributed by atoms with Crippen molar-refractivity contribution in [1.82, 2.24) is 14.8 Å². The van der Waals surface area contributed by atoms with Crippen LogP contribution in [-0.4, -0.2) is 58.7 Å². The van der Waals surface area contributed by atoms with Gasteiger partial charge < -0.3 is 14.2 Å². The first-order chi connectivity index (χ1) is 15.8. The number of carbonyl (C=O) groups excluding carboxylic acids is 3. The summed E-state index contributed by atoms with van der Waals surface area (Å²) in [6.45, 7) is 3.14. The second kappa shape index (κ2) is 9.72. The van der Waals surface area contributed by atoms with Crippen LogP contribution in [0.15, 0.2) is 40.3 Å². The number of piperazine rings is 1. The second-order valence-corrected chi connectivity index (χ2v) is 8.73. The Morgan fingerprint density at radius 2 is 1.88 bits per heavy atom. The Morgan fingerprint density at radius 3 is 2.55 bits per heavy atom. The van der Waals surface area contributed by atoms with Crippen molar-refractivity contribution < 1.29 is 23.2 Å². The maximum absolute atomic E-state index is 13.2. The maximum atomic E-state index is 13.2. The molecule has 1 aliphatic heterocycles. The molecule has 1 fully saturated rings. The molecule has 8 nitrogen and oxygen atoms in total. The molecule has 1 N–H and O–H groups in total. The third kappa shape index (κ3) is 5.23. The van der Waals surface area contributed by atoms with Gasteiger partial charge in [0, 0.05) is 31.6 Å². The summed E-state index contributed by atoms with van der Waals surface area (Å²) in [5.74, 6) is -0.724. The van der Waals surface area contributed by atoms with Gasteiger partial charge in [-0.15, -0.1) is 11.3 Å². The molecule has 0 saturated carbocycles. The molecule has 4 rings (SSSR count). The molecule has 3 amide bonds. The normalized spacial score (nSPS) is 13.8. The van der Waals surface area contributed by atoms with Crippen LogP contribution in [0.4, 0.5) is 9.52 Å². The Hall–Kier alpha value is -3.24. The average Bonchev–Trinajstić information content (AvgIpc) is 3.42. The maximum Gasteiger partial charge on any atom is 0.260 e. The van der Waals surface area contributed by atoms with Gasteiger partial charge in [0.25, 0.3) is 11.8 Å². The fourth-order valence-corrected chi connectivity index (χ4v) is 4.44. The lowest BCUT2D eigenvalue weighted by Crippen LogP contribution is -2.51. The summed E-state index contributed by atoms with van der Waals surface area (Å²) in [6, 6.07) is 5.25. The Labute approximate surface area is 198 Å². The van der Waals surface area contributed by atoms with E-state index in [9.17, 15) is 18.8 Å². The number of halogens is 2. The molecule has 11 heteroatoms. The predicted molar refractivity (Wildman–Crippen MR) is 121 cm³/mol. The number of benzene rings is 1. The van der Waals surface area contributed by atoms with Gasteiger partial charge >= 0.3 is 0 Å². The summed E-state index contributed by atoms with van der Waals surface area (Å²) in [7, 11) is 0. The van der Waals surface area contributed by atoms with Gasteiger partial charge in [-0.05, 0) is 31.2 Å². The van der Waals surface area contributed by atoms with Crippen molar-refractivity contribution in [1.29, 1.82) is 0 Å². The Morgan fingerprint density at radius 1 is 1.15 bits per heavy atom. The SMILES string of the molecule is Cc1occc1C(=O)Nc1nc(CC(=O)N2CCN(C(=O)c3ccc(F)cc3Cl)CC2)cs1. The number of thiazole rings is 1. The summed E-state index contributed by atoms with van der Waals surface area (Å²) >= 11 is 7.23. The van der Waals surface area contributed by atoms with Crippen LogP contribution in [0.1, 0.15) is 32.2 Å². The van der Waals surface area contributed by atoms with Crippen LogP contribution >= 0.6 is 22.9 Å². The zero-order chi connectivity index (χ0) is 23.5. The molecule has 1 aliphatic rings. The molecule has 172 valence electrons. The zero-order valence-electron chi connectivity index (χ0n) is 17.6. The van der Waals surface area contributed by atoms with Crippen LogP contribution < -0.4 is 5.32 Å². The molecule has 0 spiro atoms. The highest BCUT2D eigenvalue weighted by Crippen LogP contribution is 2.21. The number of amides is 3. The van der Waals surface area contributed by atoms with E-state index in [2.05, 4.69) is 10.3 Å². The van der Waals surface area contributed by atoms with E-state index in [-0.39, 0.29) is 34.7 Å². The van der Waals surface area contributed by atoms with E-state index in [1.54, 1.807) is 28.2 Å². The van der Waals surface area contributed by atoms with Crippen molar-refractivity contribution in [3.05, 3.63) is 69.3 Å². The van der Waals surface area contributed by atoms with Crippen LogP contribution in [0.25, 0.3) is 0 Å². The number of aryl methyl sites for hydroxylation is 1. The molecule has 0 unspecified atom stereocenters. The molecule has 33 heavy (non-hydrogen) atoms. The van der Waals surface area contributed by atoms with Crippen LogP contribution in [0.3, 0.4) is 0 Å².